The van der Waals surface area contributed by atoms with E-state index in [4.69, 9.17) is 10.5 Å². The molecule has 2 N–H and O–H groups in total. The highest BCUT2D eigenvalue weighted by molar-refractivity contribution is 9.10. The standard InChI is InChI=1S/C10H14BrNO/c1-7-3-4-8(5-9(7)11)10(6-12)13-2/h3-5,10H,6,12H2,1-2H3. The number of ether oxygens (including phenoxy) is 1. The maximum Gasteiger partial charge on any atom is 0.0943 e. The van der Waals surface area contributed by atoms with E-state index in [9.17, 15) is 0 Å². The quantitative estimate of drug-likeness (QED) is 0.886. The van der Waals surface area contributed by atoms with Gasteiger partial charge in [0.05, 0.1) is 6.10 Å². The van der Waals surface area contributed by atoms with Crippen LogP contribution in [0.15, 0.2) is 22.7 Å². The van der Waals surface area contributed by atoms with Crippen molar-refractivity contribution in [3.63, 3.8) is 0 Å². The van der Waals surface area contributed by atoms with Crippen LogP contribution in [0.5, 0.6) is 0 Å². The van der Waals surface area contributed by atoms with Gasteiger partial charge in [0, 0.05) is 18.1 Å². The Morgan fingerprint density at radius 2 is 2.23 bits per heavy atom. The van der Waals surface area contributed by atoms with Crippen LogP contribution < -0.4 is 5.73 Å². The van der Waals surface area contributed by atoms with E-state index in [1.165, 1.54) is 5.56 Å². The molecule has 1 atom stereocenters. The summed E-state index contributed by atoms with van der Waals surface area (Å²) in [6.07, 6.45) is -0.00287. The third-order valence-electron chi connectivity index (χ3n) is 2.07. The first-order chi connectivity index (χ1) is 6.19. The Labute approximate surface area is 87.2 Å². The van der Waals surface area contributed by atoms with Crippen molar-refractivity contribution in [1.82, 2.24) is 0 Å². The molecule has 1 aromatic carbocycles. The Hall–Kier alpha value is -0.380. The fourth-order valence-corrected chi connectivity index (χ4v) is 1.57. The second kappa shape index (κ2) is 4.74. The zero-order valence-corrected chi connectivity index (χ0v) is 9.47. The third-order valence-corrected chi connectivity index (χ3v) is 2.92. The van der Waals surface area contributed by atoms with Crippen LogP contribution in [0.4, 0.5) is 0 Å². The maximum absolute atomic E-state index is 5.56. The van der Waals surface area contributed by atoms with Crippen LogP contribution in [-0.4, -0.2) is 13.7 Å². The topological polar surface area (TPSA) is 35.2 Å². The van der Waals surface area contributed by atoms with Gasteiger partial charge in [-0.1, -0.05) is 28.1 Å². The van der Waals surface area contributed by atoms with Gasteiger partial charge >= 0.3 is 0 Å². The van der Waals surface area contributed by atoms with Crippen molar-refractivity contribution in [3.8, 4) is 0 Å². The van der Waals surface area contributed by atoms with E-state index in [-0.39, 0.29) is 6.10 Å². The van der Waals surface area contributed by atoms with Crippen molar-refractivity contribution >= 4 is 15.9 Å². The molecule has 0 heterocycles. The fourth-order valence-electron chi connectivity index (χ4n) is 1.18. The summed E-state index contributed by atoms with van der Waals surface area (Å²) in [5.74, 6) is 0. The van der Waals surface area contributed by atoms with Crippen LogP contribution in [-0.2, 0) is 4.74 Å². The number of nitrogens with two attached hydrogens (primary N) is 1. The van der Waals surface area contributed by atoms with Crippen molar-refractivity contribution < 1.29 is 4.74 Å². The van der Waals surface area contributed by atoms with Crippen molar-refractivity contribution in [2.45, 2.75) is 13.0 Å². The third kappa shape index (κ3) is 2.53. The zero-order valence-electron chi connectivity index (χ0n) is 7.88. The van der Waals surface area contributed by atoms with Gasteiger partial charge in [-0.15, -0.1) is 0 Å². The summed E-state index contributed by atoms with van der Waals surface area (Å²) in [4.78, 5) is 0. The number of methoxy groups -OCH3 is 1. The second-order valence-corrected chi connectivity index (χ2v) is 3.82. The predicted octanol–water partition coefficient (Wildman–Crippen LogP) is 2.40. The number of benzene rings is 1. The molecule has 1 unspecified atom stereocenters. The van der Waals surface area contributed by atoms with Crippen LogP contribution in [0, 0.1) is 6.92 Å². The molecule has 0 aliphatic carbocycles. The number of rotatable bonds is 3. The minimum atomic E-state index is -0.00287. The summed E-state index contributed by atoms with van der Waals surface area (Å²) in [5.41, 5.74) is 7.89. The smallest absolute Gasteiger partial charge is 0.0943 e. The molecule has 0 saturated carbocycles. The van der Waals surface area contributed by atoms with Crippen molar-refractivity contribution in [1.29, 1.82) is 0 Å². The Balaban J connectivity index is 2.95. The molecule has 2 nitrogen and oxygen atoms in total. The molecule has 3 heteroatoms. The highest BCUT2D eigenvalue weighted by Crippen LogP contribution is 2.22. The molecule has 13 heavy (non-hydrogen) atoms. The Bertz CT molecular complexity index is 284. The lowest BCUT2D eigenvalue weighted by molar-refractivity contribution is 0.110. The van der Waals surface area contributed by atoms with E-state index in [0.717, 1.165) is 10.0 Å². The normalized spacial score (nSPS) is 12.9. The molecule has 0 saturated heterocycles. The van der Waals surface area contributed by atoms with Crippen LogP contribution in [0.2, 0.25) is 0 Å². The minimum Gasteiger partial charge on any atom is -0.375 e. The second-order valence-electron chi connectivity index (χ2n) is 2.97. The molecule has 0 fully saturated rings. The summed E-state index contributed by atoms with van der Waals surface area (Å²) >= 11 is 3.48. The average Bonchev–Trinajstić information content (AvgIpc) is 2.13. The summed E-state index contributed by atoms with van der Waals surface area (Å²) in [5, 5.41) is 0. The van der Waals surface area contributed by atoms with Crippen molar-refractivity contribution in [2.24, 2.45) is 5.73 Å². The molecular formula is C10H14BrNO. The van der Waals surface area contributed by atoms with E-state index < -0.39 is 0 Å². The number of aryl methyl sites for hydroxylation is 1. The summed E-state index contributed by atoms with van der Waals surface area (Å²) in [6, 6.07) is 6.15. The first-order valence-electron chi connectivity index (χ1n) is 4.18. The number of halogens is 1. The van der Waals surface area contributed by atoms with Gasteiger partial charge in [0.25, 0.3) is 0 Å². The van der Waals surface area contributed by atoms with Crippen LogP contribution >= 0.6 is 15.9 Å². The number of hydrogen-bond acceptors (Lipinski definition) is 2. The Morgan fingerprint density at radius 1 is 1.54 bits per heavy atom. The highest BCUT2D eigenvalue weighted by Gasteiger charge is 2.08. The van der Waals surface area contributed by atoms with Gasteiger partial charge in [0.1, 0.15) is 0 Å². The molecule has 0 amide bonds. The zero-order chi connectivity index (χ0) is 9.84. The van der Waals surface area contributed by atoms with Gasteiger partial charge < -0.3 is 10.5 Å². The van der Waals surface area contributed by atoms with Gasteiger partial charge in [-0.2, -0.15) is 0 Å². The van der Waals surface area contributed by atoms with Gasteiger partial charge in [-0.3, -0.25) is 0 Å². The van der Waals surface area contributed by atoms with E-state index in [1.54, 1.807) is 7.11 Å². The van der Waals surface area contributed by atoms with Crippen LogP contribution in [0.25, 0.3) is 0 Å². The minimum absolute atomic E-state index is 0.00287. The van der Waals surface area contributed by atoms with Crippen LogP contribution in [0.1, 0.15) is 17.2 Å². The van der Waals surface area contributed by atoms with Crippen molar-refractivity contribution in [3.05, 3.63) is 33.8 Å². The van der Waals surface area contributed by atoms with E-state index >= 15 is 0 Å². The molecule has 0 bridgehead atoms. The van der Waals surface area contributed by atoms with E-state index in [2.05, 4.69) is 35.0 Å². The summed E-state index contributed by atoms with van der Waals surface area (Å²) in [7, 11) is 1.67. The first kappa shape index (κ1) is 10.7. The molecule has 0 aromatic heterocycles. The maximum atomic E-state index is 5.56. The lowest BCUT2D eigenvalue weighted by atomic mass is 10.1. The van der Waals surface area contributed by atoms with E-state index in [1.807, 2.05) is 6.07 Å². The Morgan fingerprint density at radius 3 is 2.69 bits per heavy atom. The molecule has 1 rings (SSSR count). The number of hydrogen-bond donors (Lipinski definition) is 1. The molecule has 1 aromatic rings. The molecular weight excluding hydrogens is 230 g/mol. The Kier molecular flexibility index (Phi) is 3.90. The monoisotopic (exact) mass is 243 g/mol. The summed E-state index contributed by atoms with van der Waals surface area (Å²) in [6.45, 7) is 2.56. The average molecular weight is 244 g/mol. The van der Waals surface area contributed by atoms with E-state index in [0.29, 0.717) is 6.54 Å². The van der Waals surface area contributed by atoms with Gasteiger partial charge in [-0.25, -0.2) is 0 Å². The first-order valence-corrected chi connectivity index (χ1v) is 4.97. The van der Waals surface area contributed by atoms with Crippen LogP contribution in [0.3, 0.4) is 0 Å². The highest BCUT2D eigenvalue weighted by atomic mass is 79.9. The fraction of sp³-hybridized carbons (Fsp3) is 0.400. The lowest BCUT2D eigenvalue weighted by Crippen LogP contribution is -2.14. The molecule has 72 valence electrons. The molecule has 0 aliphatic heterocycles. The molecule has 0 radical (unpaired) electrons. The van der Waals surface area contributed by atoms with Gasteiger partial charge in [0.15, 0.2) is 0 Å². The van der Waals surface area contributed by atoms with Gasteiger partial charge in [-0.05, 0) is 24.1 Å². The predicted molar refractivity (Wildman–Crippen MR) is 57.7 cm³/mol. The SMILES string of the molecule is COC(CN)c1ccc(C)c(Br)c1. The van der Waals surface area contributed by atoms with Gasteiger partial charge in [0.2, 0.25) is 0 Å². The molecule has 0 spiro atoms. The molecule has 0 aliphatic rings. The van der Waals surface area contributed by atoms with Crippen molar-refractivity contribution in [2.75, 3.05) is 13.7 Å². The lowest BCUT2D eigenvalue weighted by Gasteiger charge is -2.13. The largest absolute Gasteiger partial charge is 0.375 e. The summed E-state index contributed by atoms with van der Waals surface area (Å²) < 4.78 is 6.33.